The van der Waals surface area contributed by atoms with Gasteiger partial charge in [0, 0.05) is 48.2 Å². The molecule has 1 aromatic heterocycles. The topological polar surface area (TPSA) is 71.1 Å². The number of pyridine rings is 1. The molecule has 128 valence electrons. The molecule has 1 fully saturated rings. The molecule has 1 aliphatic heterocycles. The standard InChI is InChI=1S/C19H19N3O2S/c23-25(24,19-8-4-7-15-11-20-10-9-16(15)19)22-18-13-21-12-17(18)14-5-2-1-3-6-14/h1-11,17-18,21-22H,12-13H2/t17-,18+/m0/s1. The van der Waals surface area contributed by atoms with E-state index in [1.807, 2.05) is 36.4 Å². The van der Waals surface area contributed by atoms with Crippen molar-refractivity contribution >= 4 is 20.8 Å². The van der Waals surface area contributed by atoms with E-state index in [2.05, 4.69) is 15.0 Å². The smallest absolute Gasteiger partial charge is 0.241 e. The Kier molecular flexibility index (Phi) is 4.25. The van der Waals surface area contributed by atoms with Crippen LogP contribution in [0.25, 0.3) is 10.8 Å². The third-order valence-electron chi connectivity index (χ3n) is 4.68. The molecule has 2 aromatic carbocycles. The first-order valence-electron chi connectivity index (χ1n) is 8.26. The maximum Gasteiger partial charge on any atom is 0.241 e. The lowest BCUT2D eigenvalue weighted by Crippen LogP contribution is -2.39. The Hall–Kier alpha value is -2.28. The molecule has 0 unspecified atom stereocenters. The van der Waals surface area contributed by atoms with Gasteiger partial charge in [-0.1, -0.05) is 42.5 Å². The van der Waals surface area contributed by atoms with Crippen molar-refractivity contribution in [3.8, 4) is 0 Å². The predicted molar refractivity (Wildman–Crippen MR) is 97.9 cm³/mol. The van der Waals surface area contributed by atoms with E-state index in [-0.39, 0.29) is 12.0 Å². The zero-order chi connectivity index (χ0) is 17.3. The van der Waals surface area contributed by atoms with Gasteiger partial charge >= 0.3 is 0 Å². The SMILES string of the molecule is O=S(=O)(N[C@@H]1CNC[C@H]1c1ccccc1)c1cccc2cnccc12. The lowest BCUT2D eigenvalue weighted by atomic mass is 9.95. The van der Waals surface area contributed by atoms with E-state index in [0.29, 0.717) is 16.8 Å². The van der Waals surface area contributed by atoms with Crippen LogP contribution in [0.15, 0.2) is 71.9 Å². The lowest BCUT2D eigenvalue weighted by Gasteiger charge is -2.21. The van der Waals surface area contributed by atoms with E-state index in [1.165, 1.54) is 0 Å². The number of aromatic nitrogens is 1. The minimum atomic E-state index is -3.63. The fraction of sp³-hybridized carbons (Fsp3) is 0.211. The van der Waals surface area contributed by atoms with Crippen LogP contribution in [0.2, 0.25) is 0 Å². The van der Waals surface area contributed by atoms with Crippen molar-refractivity contribution in [3.63, 3.8) is 0 Å². The summed E-state index contributed by atoms with van der Waals surface area (Å²) in [6, 6.07) is 16.8. The highest BCUT2D eigenvalue weighted by atomic mass is 32.2. The summed E-state index contributed by atoms with van der Waals surface area (Å²) < 4.78 is 28.9. The molecular formula is C19H19N3O2S. The molecule has 0 radical (unpaired) electrons. The van der Waals surface area contributed by atoms with Gasteiger partial charge in [0.15, 0.2) is 0 Å². The first-order valence-corrected chi connectivity index (χ1v) is 9.74. The highest BCUT2D eigenvalue weighted by Crippen LogP contribution is 2.26. The van der Waals surface area contributed by atoms with E-state index >= 15 is 0 Å². The molecule has 5 nitrogen and oxygen atoms in total. The summed E-state index contributed by atoms with van der Waals surface area (Å²) in [7, 11) is -3.63. The number of rotatable bonds is 4. The molecule has 25 heavy (non-hydrogen) atoms. The molecule has 4 rings (SSSR count). The Labute approximate surface area is 147 Å². The molecule has 0 aliphatic carbocycles. The quantitative estimate of drug-likeness (QED) is 0.755. The third-order valence-corrected chi connectivity index (χ3v) is 6.23. The molecule has 6 heteroatoms. The second-order valence-corrected chi connectivity index (χ2v) is 7.94. The van der Waals surface area contributed by atoms with E-state index < -0.39 is 10.0 Å². The fourth-order valence-electron chi connectivity index (χ4n) is 3.44. The summed E-state index contributed by atoms with van der Waals surface area (Å²) in [5, 5.41) is 4.80. The van der Waals surface area contributed by atoms with E-state index in [1.54, 1.807) is 30.6 Å². The van der Waals surface area contributed by atoms with Crippen LogP contribution in [0, 0.1) is 0 Å². The molecule has 3 aromatic rings. The van der Waals surface area contributed by atoms with Gasteiger partial charge in [-0.15, -0.1) is 0 Å². The number of hydrogen-bond acceptors (Lipinski definition) is 4. The van der Waals surface area contributed by atoms with Gasteiger partial charge in [0.2, 0.25) is 10.0 Å². The van der Waals surface area contributed by atoms with Gasteiger partial charge < -0.3 is 5.32 Å². The van der Waals surface area contributed by atoms with Crippen LogP contribution in [0.3, 0.4) is 0 Å². The molecule has 2 heterocycles. The van der Waals surface area contributed by atoms with E-state index in [9.17, 15) is 8.42 Å². The van der Waals surface area contributed by atoms with Crippen molar-refractivity contribution in [2.75, 3.05) is 13.1 Å². The number of hydrogen-bond donors (Lipinski definition) is 2. The van der Waals surface area contributed by atoms with Gasteiger partial charge in [-0.05, 0) is 17.7 Å². The maximum absolute atomic E-state index is 13.0. The first-order chi connectivity index (χ1) is 12.1. The molecule has 0 spiro atoms. The lowest BCUT2D eigenvalue weighted by molar-refractivity contribution is 0.542. The molecular weight excluding hydrogens is 334 g/mol. The third kappa shape index (κ3) is 3.16. The van der Waals surface area contributed by atoms with E-state index in [4.69, 9.17) is 0 Å². The van der Waals surface area contributed by atoms with Crippen molar-refractivity contribution < 1.29 is 8.42 Å². The second-order valence-electron chi connectivity index (χ2n) is 6.26. The van der Waals surface area contributed by atoms with E-state index in [0.717, 1.165) is 17.5 Å². The molecule has 0 amide bonds. The summed E-state index contributed by atoms with van der Waals surface area (Å²) >= 11 is 0. The van der Waals surface area contributed by atoms with Crippen molar-refractivity contribution in [2.24, 2.45) is 0 Å². The minimum Gasteiger partial charge on any atom is -0.314 e. The number of sulfonamides is 1. The molecule has 2 atom stereocenters. The Morgan fingerprint density at radius 1 is 1.00 bits per heavy atom. The van der Waals surface area contributed by atoms with Crippen LogP contribution >= 0.6 is 0 Å². The van der Waals surface area contributed by atoms with Crippen LogP contribution in [-0.2, 0) is 10.0 Å². The maximum atomic E-state index is 13.0. The predicted octanol–water partition coefficient (Wildman–Crippen LogP) is 2.27. The number of benzene rings is 2. The van der Waals surface area contributed by atoms with Crippen LogP contribution in [0.5, 0.6) is 0 Å². The molecule has 2 N–H and O–H groups in total. The summed E-state index contributed by atoms with van der Waals surface area (Å²) in [5.74, 6) is 0.118. The summed E-state index contributed by atoms with van der Waals surface area (Å²) in [6.07, 6.45) is 3.30. The van der Waals surface area contributed by atoms with Gasteiger partial charge in [-0.3, -0.25) is 4.98 Å². The van der Waals surface area contributed by atoms with Crippen molar-refractivity contribution in [2.45, 2.75) is 16.9 Å². The monoisotopic (exact) mass is 353 g/mol. The molecule has 0 bridgehead atoms. The van der Waals surface area contributed by atoms with Gasteiger partial charge in [0.05, 0.1) is 4.90 Å². The Bertz CT molecular complexity index is 984. The molecule has 1 aliphatic rings. The zero-order valence-corrected chi connectivity index (χ0v) is 14.4. The number of fused-ring (bicyclic) bond motifs is 1. The molecule has 1 saturated heterocycles. The van der Waals surface area contributed by atoms with Crippen molar-refractivity contribution in [3.05, 3.63) is 72.6 Å². The van der Waals surface area contributed by atoms with Gasteiger partial charge in [0.25, 0.3) is 0 Å². The zero-order valence-electron chi connectivity index (χ0n) is 13.6. The average Bonchev–Trinajstić information content (AvgIpc) is 3.09. The van der Waals surface area contributed by atoms with Gasteiger partial charge in [0.1, 0.15) is 0 Å². The van der Waals surface area contributed by atoms with Gasteiger partial charge in [-0.25, -0.2) is 13.1 Å². The number of nitrogens with one attached hydrogen (secondary N) is 2. The van der Waals surface area contributed by atoms with Crippen LogP contribution < -0.4 is 10.0 Å². The largest absolute Gasteiger partial charge is 0.314 e. The van der Waals surface area contributed by atoms with Crippen molar-refractivity contribution in [1.82, 2.24) is 15.0 Å². The summed E-state index contributed by atoms with van der Waals surface area (Å²) in [6.45, 7) is 1.38. The van der Waals surface area contributed by atoms with Gasteiger partial charge in [-0.2, -0.15) is 0 Å². The molecule has 0 saturated carbocycles. The Morgan fingerprint density at radius 2 is 1.84 bits per heavy atom. The fourth-order valence-corrected chi connectivity index (χ4v) is 4.95. The van der Waals surface area contributed by atoms with Crippen LogP contribution in [-0.4, -0.2) is 32.5 Å². The minimum absolute atomic E-state index is 0.118. The second kappa shape index (κ2) is 6.55. The summed E-state index contributed by atoms with van der Waals surface area (Å²) in [5.41, 5.74) is 1.14. The first kappa shape index (κ1) is 16.2. The average molecular weight is 353 g/mol. The Balaban J connectivity index is 1.67. The van der Waals surface area contributed by atoms with Crippen LogP contribution in [0.1, 0.15) is 11.5 Å². The van der Waals surface area contributed by atoms with Crippen LogP contribution in [0.4, 0.5) is 0 Å². The number of nitrogens with zero attached hydrogens (tertiary/aromatic N) is 1. The normalized spacial score (nSPS) is 20.8. The highest BCUT2D eigenvalue weighted by molar-refractivity contribution is 7.89. The Morgan fingerprint density at radius 3 is 2.68 bits per heavy atom. The highest BCUT2D eigenvalue weighted by Gasteiger charge is 2.32. The summed E-state index contributed by atoms with van der Waals surface area (Å²) in [4.78, 5) is 4.36. The van der Waals surface area contributed by atoms with Crippen molar-refractivity contribution in [1.29, 1.82) is 0 Å².